The standard InChI is InChI=1S/C40H41FN8O8/c1-19-29(56-39(54)55-19)18-48-16-24(21-10-22-34(50)25(37(51)52)15-46(6)35(22)43-13-21)33(49-9-8-20-14-45(5)17-28(20)49)31-30-23(12-42)26(41)11-27(32(30)44-36(31)48)47(7)38(53)57-40(2,3)4/h10-11,13,15-16,20,28,37,51-52H,8-9,14,17-18H2,1-7H3/t20-,28+/m0/s1. The highest BCUT2D eigenvalue weighted by Crippen LogP contribution is 2.51. The minimum absolute atomic E-state index is 0.00677. The molecule has 0 radical (unpaired) electrons. The summed E-state index contributed by atoms with van der Waals surface area (Å²) in [6.07, 6.45) is 2.73. The number of rotatable bonds is 6. The number of aliphatic hydroxyl groups excluding tert-OH is 1. The molecule has 0 bridgehead atoms. The van der Waals surface area contributed by atoms with Crippen LogP contribution < -0.4 is 21.1 Å². The summed E-state index contributed by atoms with van der Waals surface area (Å²) in [5, 5.41) is 31.0. The lowest BCUT2D eigenvalue weighted by Gasteiger charge is -2.32. The van der Waals surface area contributed by atoms with Gasteiger partial charge in [-0.2, -0.15) is 5.26 Å². The number of halogens is 1. The van der Waals surface area contributed by atoms with Crippen LogP contribution in [0.2, 0.25) is 0 Å². The lowest BCUT2D eigenvalue weighted by Crippen LogP contribution is -2.35. The molecular formula is C40H41FN8O8. The lowest BCUT2D eigenvalue weighted by atomic mass is 9.95. The van der Waals surface area contributed by atoms with Crippen molar-refractivity contribution in [3.63, 3.8) is 0 Å². The zero-order chi connectivity index (χ0) is 40.8. The number of aromatic nitrogens is 4. The Balaban J connectivity index is 1.52. The molecule has 2 fully saturated rings. The molecule has 4 aliphatic rings. The van der Waals surface area contributed by atoms with Gasteiger partial charge < -0.3 is 42.7 Å². The number of pyridine rings is 3. The summed E-state index contributed by atoms with van der Waals surface area (Å²) in [5.41, 5.74) is 0.442. The van der Waals surface area contributed by atoms with Gasteiger partial charge in [0.2, 0.25) is 0 Å². The van der Waals surface area contributed by atoms with E-state index in [1.807, 2.05) is 7.05 Å². The highest BCUT2D eigenvalue weighted by atomic mass is 19.1. The molecule has 4 aromatic rings. The third kappa shape index (κ3) is 6.29. The van der Waals surface area contributed by atoms with Gasteiger partial charge in [0.25, 0.3) is 0 Å². The van der Waals surface area contributed by atoms with Crippen molar-refractivity contribution >= 4 is 39.4 Å². The average molecular weight is 781 g/mol. The molecule has 8 rings (SSSR count). The van der Waals surface area contributed by atoms with E-state index >= 15 is 4.39 Å². The molecule has 3 aromatic heterocycles. The number of nitrogens with zero attached hydrogens (tertiary/aromatic N) is 8. The molecule has 1 aromatic carbocycles. The van der Waals surface area contributed by atoms with Gasteiger partial charge >= 0.3 is 11.9 Å². The number of carbonyl (C=O) groups is 1. The monoisotopic (exact) mass is 780 g/mol. The molecule has 2 atom stereocenters. The minimum atomic E-state index is -2.03. The van der Waals surface area contributed by atoms with Gasteiger partial charge in [0.05, 0.1) is 45.5 Å². The van der Waals surface area contributed by atoms with Crippen molar-refractivity contribution in [2.24, 2.45) is 13.0 Å². The molecule has 0 unspecified atom stereocenters. The van der Waals surface area contributed by atoms with E-state index in [-0.39, 0.29) is 63.0 Å². The van der Waals surface area contributed by atoms with Crippen molar-refractivity contribution in [2.45, 2.75) is 58.6 Å². The fourth-order valence-electron chi connectivity index (χ4n) is 8.37. The van der Waals surface area contributed by atoms with Gasteiger partial charge in [0.1, 0.15) is 34.7 Å². The first kappa shape index (κ1) is 37.8. The quantitative estimate of drug-likeness (QED) is 0.225. The van der Waals surface area contributed by atoms with Crippen LogP contribution in [0.3, 0.4) is 0 Å². The number of benzene rings is 1. The van der Waals surface area contributed by atoms with Crippen LogP contribution in [0.25, 0.3) is 44.5 Å². The first-order valence-electron chi connectivity index (χ1n) is 18.4. The molecular weight excluding hydrogens is 739 g/mol. The summed E-state index contributed by atoms with van der Waals surface area (Å²) in [6, 6.07) is 4.77. The van der Waals surface area contributed by atoms with E-state index in [2.05, 4.69) is 20.9 Å². The van der Waals surface area contributed by atoms with E-state index in [0.717, 1.165) is 23.9 Å². The largest absolute Gasteiger partial charge is 0.519 e. The molecule has 0 aliphatic carbocycles. The summed E-state index contributed by atoms with van der Waals surface area (Å²) in [4.78, 5) is 54.8. The highest BCUT2D eigenvalue weighted by Gasteiger charge is 2.43. The van der Waals surface area contributed by atoms with E-state index in [1.165, 1.54) is 17.8 Å². The number of hydrogen-bond donors (Lipinski definition) is 2. The maximum absolute atomic E-state index is 16.4. The number of likely N-dealkylation sites (N-methyl/N-ethyl adjacent to an activating group) is 1. The summed E-state index contributed by atoms with van der Waals surface area (Å²) in [5.74, 6) is -0.802. The number of fused-ring (bicyclic) bond motifs is 5. The number of aliphatic hydroxyl groups is 2. The molecule has 57 heavy (non-hydrogen) atoms. The summed E-state index contributed by atoms with van der Waals surface area (Å²) in [7, 11) is 5.12. The van der Waals surface area contributed by atoms with Crippen LogP contribution in [0.5, 0.6) is 0 Å². The smallest absolute Gasteiger partial charge is 0.443 e. The molecule has 2 N–H and O–H groups in total. The van der Waals surface area contributed by atoms with Gasteiger partial charge in [-0.05, 0) is 53.1 Å². The third-order valence-corrected chi connectivity index (χ3v) is 10.9. The Morgan fingerprint density at radius 2 is 1.93 bits per heavy atom. The SMILES string of the molecule is Cc1oc(=O)oc1Cn1cc(-c2cnc3c(c2)c(=O)c(C(O)O)cn3C)c(N2CC[C@H]3CN(C)C[C@H]32)c2c3c(C#N)c(F)cc(N(C)C(=O)OC(C)(C)C)c3nc1-2. The molecule has 16 nitrogen and oxygen atoms in total. The Kier molecular flexibility index (Phi) is 8.98. The maximum atomic E-state index is 16.4. The van der Waals surface area contributed by atoms with Crippen molar-refractivity contribution in [3.05, 3.63) is 80.0 Å². The average Bonchev–Trinajstić information content (AvgIpc) is 3.90. The van der Waals surface area contributed by atoms with Crippen LogP contribution in [0.15, 0.2) is 49.1 Å². The van der Waals surface area contributed by atoms with Gasteiger partial charge in [-0.3, -0.25) is 9.69 Å². The molecule has 1 amide bonds. The van der Waals surface area contributed by atoms with Crippen LogP contribution in [0.4, 0.5) is 20.6 Å². The molecule has 296 valence electrons. The number of amides is 1. The van der Waals surface area contributed by atoms with E-state index in [1.54, 1.807) is 57.8 Å². The van der Waals surface area contributed by atoms with Gasteiger partial charge in [-0.25, -0.2) is 23.9 Å². The number of nitriles is 1. The van der Waals surface area contributed by atoms with Gasteiger partial charge in [0, 0.05) is 80.9 Å². The molecule has 7 heterocycles. The molecule has 2 saturated heterocycles. The van der Waals surface area contributed by atoms with E-state index in [0.29, 0.717) is 47.0 Å². The Labute approximate surface area is 324 Å². The molecule has 0 spiro atoms. The number of ether oxygens (including phenoxy) is 1. The van der Waals surface area contributed by atoms with Crippen molar-refractivity contribution in [3.8, 4) is 28.6 Å². The second kappa shape index (κ2) is 13.5. The van der Waals surface area contributed by atoms with Crippen LogP contribution in [-0.2, 0) is 18.3 Å². The van der Waals surface area contributed by atoms with Crippen molar-refractivity contribution in [2.75, 3.05) is 43.5 Å². The van der Waals surface area contributed by atoms with E-state index in [4.69, 9.17) is 18.6 Å². The van der Waals surface area contributed by atoms with Gasteiger partial charge in [0.15, 0.2) is 17.5 Å². The second-order valence-electron chi connectivity index (χ2n) is 15.9. The fraction of sp³-hybridized carbons (Fsp3) is 0.400. The van der Waals surface area contributed by atoms with E-state index < -0.39 is 35.1 Å². The molecule has 0 saturated carbocycles. The number of hydrogen-bond acceptors (Lipinski definition) is 13. The normalized spacial score (nSPS) is 17.3. The molecule has 4 aliphatic heterocycles. The van der Waals surface area contributed by atoms with Crippen LogP contribution in [0.1, 0.15) is 56.1 Å². The predicted octanol–water partition coefficient (Wildman–Crippen LogP) is 4.46. The Hall–Kier alpha value is -6.09. The topological polar surface area (TPSA) is 196 Å². The first-order chi connectivity index (χ1) is 26.9. The van der Waals surface area contributed by atoms with Crippen LogP contribution >= 0.6 is 0 Å². The zero-order valence-corrected chi connectivity index (χ0v) is 32.5. The Morgan fingerprint density at radius 1 is 1.18 bits per heavy atom. The number of carbonyl (C=O) groups excluding carboxylic acids is 1. The predicted molar refractivity (Wildman–Crippen MR) is 207 cm³/mol. The first-order valence-corrected chi connectivity index (χ1v) is 18.4. The van der Waals surface area contributed by atoms with Crippen molar-refractivity contribution < 1.29 is 33.0 Å². The van der Waals surface area contributed by atoms with Crippen LogP contribution in [0, 0.1) is 30.0 Å². The summed E-state index contributed by atoms with van der Waals surface area (Å²) >= 11 is 0. The zero-order valence-electron chi connectivity index (χ0n) is 32.5. The highest BCUT2D eigenvalue weighted by molar-refractivity contribution is 6.14. The van der Waals surface area contributed by atoms with Crippen molar-refractivity contribution in [1.82, 2.24) is 24.0 Å². The number of anilines is 2. The lowest BCUT2D eigenvalue weighted by molar-refractivity contribution is -0.0435. The summed E-state index contributed by atoms with van der Waals surface area (Å²) < 4.78 is 35.9. The maximum Gasteiger partial charge on any atom is 0.519 e. The summed E-state index contributed by atoms with van der Waals surface area (Å²) in [6.45, 7) is 8.79. The van der Waals surface area contributed by atoms with Crippen molar-refractivity contribution in [1.29, 1.82) is 5.26 Å². The second-order valence-corrected chi connectivity index (χ2v) is 15.9. The minimum Gasteiger partial charge on any atom is -0.443 e. The number of likely N-dealkylation sites (tertiary alicyclic amines) is 1. The number of aryl methyl sites for hydroxylation is 2. The molecule has 17 heteroatoms. The Bertz CT molecular complexity index is 2750. The van der Waals surface area contributed by atoms with Crippen LogP contribution in [-0.4, -0.2) is 85.7 Å². The van der Waals surface area contributed by atoms with Gasteiger partial charge in [-0.15, -0.1) is 0 Å². The third-order valence-electron chi connectivity index (χ3n) is 10.9. The van der Waals surface area contributed by atoms with E-state index in [9.17, 15) is 29.9 Å². The Morgan fingerprint density at radius 3 is 2.60 bits per heavy atom. The fourth-order valence-corrected chi connectivity index (χ4v) is 8.37. The van der Waals surface area contributed by atoms with Gasteiger partial charge in [-0.1, -0.05) is 0 Å².